The second-order valence-corrected chi connectivity index (χ2v) is 6.62. The number of rotatable bonds is 1. The molecular weight excluding hydrogens is 406 g/mol. The van der Waals surface area contributed by atoms with Crippen molar-refractivity contribution >= 4 is 28.3 Å². The van der Waals surface area contributed by atoms with E-state index in [1.807, 2.05) is 36.1 Å². The molecule has 0 spiro atoms. The van der Waals surface area contributed by atoms with Gasteiger partial charge in [0, 0.05) is 10.0 Å². The topological polar surface area (TPSA) is 61.7 Å². The highest BCUT2D eigenvalue weighted by atomic mass is 79.9. The molecule has 5 rings (SSSR count). The number of aromatic nitrogens is 5. The Morgan fingerprint density at radius 3 is 2.92 bits per heavy atom. The van der Waals surface area contributed by atoms with Gasteiger partial charge in [-0.15, -0.1) is 17.5 Å². The van der Waals surface area contributed by atoms with Crippen LogP contribution in [0.25, 0.3) is 28.7 Å². The zero-order valence-electron chi connectivity index (χ0n) is 13.2. The predicted octanol–water partition coefficient (Wildman–Crippen LogP) is 4.25. The number of nitrogens with zero attached hydrogens (tertiary/aromatic N) is 5. The maximum Gasteiger partial charge on any atom is 0.217 e. The van der Waals surface area contributed by atoms with Crippen molar-refractivity contribution in [2.45, 2.75) is 13.5 Å². The summed E-state index contributed by atoms with van der Waals surface area (Å²) in [6.45, 7) is 2.63. The van der Waals surface area contributed by atoms with Crippen molar-refractivity contribution in [3.05, 3.63) is 58.8 Å². The molecule has 126 valence electrons. The summed E-state index contributed by atoms with van der Waals surface area (Å²) in [7, 11) is 0. The van der Waals surface area contributed by atoms with Gasteiger partial charge in [-0.2, -0.15) is 0 Å². The molecule has 0 fully saturated rings. The third kappa shape index (κ3) is 2.42. The molecular formula is C17H13BrClN5O. The number of imidazole rings is 1. The Balaban J connectivity index is 0.00000157. The molecule has 4 heterocycles. The van der Waals surface area contributed by atoms with E-state index in [1.165, 1.54) is 0 Å². The fourth-order valence-electron chi connectivity index (χ4n) is 3.06. The van der Waals surface area contributed by atoms with E-state index in [1.54, 1.807) is 6.26 Å². The number of hydrogen-bond acceptors (Lipinski definition) is 4. The van der Waals surface area contributed by atoms with Crippen LogP contribution in [-0.4, -0.2) is 24.3 Å². The maximum absolute atomic E-state index is 5.45. The zero-order chi connectivity index (χ0) is 16.3. The fourth-order valence-corrected chi connectivity index (χ4v) is 3.42. The fraction of sp³-hybridized carbons (Fsp3) is 0.118. The van der Waals surface area contributed by atoms with E-state index in [4.69, 9.17) is 9.40 Å². The monoisotopic (exact) mass is 417 g/mol. The number of furan rings is 1. The van der Waals surface area contributed by atoms with E-state index in [0.29, 0.717) is 18.1 Å². The number of aryl methyl sites for hydroxylation is 1. The lowest BCUT2D eigenvalue weighted by Crippen LogP contribution is -2.05. The highest BCUT2D eigenvalue weighted by Gasteiger charge is 2.25. The predicted molar refractivity (Wildman–Crippen MR) is 99.1 cm³/mol. The van der Waals surface area contributed by atoms with Crippen molar-refractivity contribution in [2.75, 3.05) is 0 Å². The quantitative estimate of drug-likeness (QED) is 0.408. The van der Waals surface area contributed by atoms with Crippen molar-refractivity contribution in [1.82, 2.24) is 24.3 Å². The van der Waals surface area contributed by atoms with Gasteiger partial charge in [0.15, 0.2) is 11.6 Å². The summed E-state index contributed by atoms with van der Waals surface area (Å²) in [5.41, 5.74) is 4.15. The lowest BCUT2D eigenvalue weighted by molar-refractivity contribution is 0.574. The van der Waals surface area contributed by atoms with Gasteiger partial charge in [-0.3, -0.25) is 0 Å². The molecule has 0 bridgehead atoms. The summed E-state index contributed by atoms with van der Waals surface area (Å²) in [4.78, 5) is 9.19. The molecule has 1 aliphatic rings. The molecule has 0 aliphatic carbocycles. The summed E-state index contributed by atoms with van der Waals surface area (Å²) in [5.74, 6) is 2.07. The van der Waals surface area contributed by atoms with E-state index in [-0.39, 0.29) is 12.4 Å². The van der Waals surface area contributed by atoms with Crippen LogP contribution in [0.3, 0.4) is 0 Å². The number of fused-ring (bicyclic) bond motifs is 5. The van der Waals surface area contributed by atoms with E-state index < -0.39 is 0 Å². The third-order valence-corrected chi connectivity index (χ3v) is 4.74. The van der Waals surface area contributed by atoms with Crippen LogP contribution in [0, 0.1) is 6.92 Å². The van der Waals surface area contributed by atoms with E-state index in [2.05, 4.69) is 42.7 Å². The molecule has 0 N–H and O–H groups in total. The first-order valence-corrected chi connectivity index (χ1v) is 8.32. The van der Waals surface area contributed by atoms with Crippen LogP contribution >= 0.6 is 28.3 Å². The molecule has 25 heavy (non-hydrogen) atoms. The summed E-state index contributed by atoms with van der Waals surface area (Å²) in [6.07, 6.45) is 3.49. The van der Waals surface area contributed by atoms with Crippen molar-refractivity contribution in [2.24, 2.45) is 0 Å². The van der Waals surface area contributed by atoms with Gasteiger partial charge in [0.25, 0.3) is 0 Å². The van der Waals surface area contributed by atoms with Gasteiger partial charge in [-0.05, 0) is 37.3 Å². The molecule has 0 saturated carbocycles. The number of benzene rings is 1. The average molecular weight is 419 g/mol. The molecule has 0 radical (unpaired) electrons. The number of halogens is 2. The van der Waals surface area contributed by atoms with Gasteiger partial charge in [0.1, 0.15) is 0 Å². The minimum atomic E-state index is 0. The van der Waals surface area contributed by atoms with Crippen LogP contribution in [0.5, 0.6) is 0 Å². The standard InChI is InChI=1S/C17H12BrN5O.ClH/c1-10-14-8-23-17(20-16(21-23)15-3-2-6-24-15)12-7-11(18)4-5-13(12)22(14)9-19-10;/h2-7,9H,8H2,1H3;1H. The second-order valence-electron chi connectivity index (χ2n) is 5.70. The largest absolute Gasteiger partial charge is 0.461 e. The van der Waals surface area contributed by atoms with Gasteiger partial charge in [-0.1, -0.05) is 15.9 Å². The molecule has 0 saturated heterocycles. The molecule has 3 aromatic heterocycles. The van der Waals surface area contributed by atoms with E-state index >= 15 is 0 Å². The Hall–Kier alpha value is -2.38. The van der Waals surface area contributed by atoms with Crippen molar-refractivity contribution in [1.29, 1.82) is 0 Å². The molecule has 0 atom stereocenters. The minimum absolute atomic E-state index is 0. The SMILES string of the molecule is Cc1ncn2c1Cn1nc(-c3ccco3)nc1-c1cc(Br)ccc1-2.Cl. The highest BCUT2D eigenvalue weighted by molar-refractivity contribution is 9.10. The summed E-state index contributed by atoms with van der Waals surface area (Å²) in [6, 6.07) is 9.86. The molecule has 6 nitrogen and oxygen atoms in total. The van der Waals surface area contributed by atoms with Crippen LogP contribution in [0.1, 0.15) is 11.4 Å². The molecule has 1 aliphatic heterocycles. The first-order chi connectivity index (χ1) is 11.7. The van der Waals surface area contributed by atoms with Gasteiger partial charge in [0.2, 0.25) is 5.82 Å². The Labute approximate surface area is 158 Å². The lowest BCUT2D eigenvalue weighted by Gasteiger charge is -2.08. The maximum atomic E-state index is 5.45. The summed E-state index contributed by atoms with van der Waals surface area (Å²) >= 11 is 3.56. The first kappa shape index (κ1) is 16.1. The molecule has 8 heteroatoms. The Kier molecular flexibility index (Phi) is 3.77. The summed E-state index contributed by atoms with van der Waals surface area (Å²) in [5, 5.41) is 4.66. The second kappa shape index (κ2) is 5.86. The van der Waals surface area contributed by atoms with Gasteiger partial charge >= 0.3 is 0 Å². The van der Waals surface area contributed by atoms with E-state index in [9.17, 15) is 0 Å². The van der Waals surface area contributed by atoms with Crippen molar-refractivity contribution in [3.63, 3.8) is 0 Å². The minimum Gasteiger partial charge on any atom is -0.461 e. The van der Waals surface area contributed by atoms with Crippen LogP contribution in [-0.2, 0) is 6.54 Å². The van der Waals surface area contributed by atoms with Crippen LogP contribution < -0.4 is 0 Å². The van der Waals surface area contributed by atoms with Crippen molar-refractivity contribution < 1.29 is 4.42 Å². The molecule has 4 aromatic rings. The number of hydrogen-bond donors (Lipinski definition) is 0. The Bertz CT molecular complexity index is 1070. The zero-order valence-corrected chi connectivity index (χ0v) is 15.6. The normalized spacial score (nSPS) is 11.9. The van der Waals surface area contributed by atoms with Crippen LogP contribution in [0.2, 0.25) is 0 Å². The highest BCUT2D eigenvalue weighted by Crippen LogP contribution is 2.34. The van der Waals surface area contributed by atoms with Crippen molar-refractivity contribution in [3.8, 4) is 28.7 Å². The van der Waals surface area contributed by atoms with Gasteiger partial charge < -0.3 is 8.98 Å². The molecule has 1 aromatic carbocycles. The summed E-state index contributed by atoms with van der Waals surface area (Å²) < 4.78 is 10.5. The van der Waals surface area contributed by atoms with Crippen LogP contribution in [0.4, 0.5) is 0 Å². The van der Waals surface area contributed by atoms with Gasteiger partial charge in [0.05, 0.1) is 36.2 Å². The van der Waals surface area contributed by atoms with Gasteiger partial charge in [-0.25, -0.2) is 14.6 Å². The smallest absolute Gasteiger partial charge is 0.217 e. The molecule has 0 unspecified atom stereocenters. The van der Waals surface area contributed by atoms with Crippen LogP contribution in [0.15, 0.2) is 51.8 Å². The molecule has 0 amide bonds. The third-order valence-electron chi connectivity index (χ3n) is 4.25. The first-order valence-electron chi connectivity index (χ1n) is 7.52. The van der Waals surface area contributed by atoms with E-state index in [0.717, 1.165) is 32.9 Å². The Morgan fingerprint density at radius 2 is 2.12 bits per heavy atom. The lowest BCUT2D eigenvalue weighted by atomic mass is 10.1. The average Bonchev–Trinajstić information content (AvgIpc) is 3.28. The Morgan fingerprint density at radius 1 is 1.24 bits per heavy atom.